The summed E-state index contributed by atoms with van der Waals surface area (Å²) in [7, 11) is 2.01. The summed E-state index contributed by atoms with van der Waals surface area (Å²) in [5.41, 5.74) is 3.81. The van der Waals surface area contributed by atoms with Crippen molar-refractivity contribution in [2.45, 2.75) is 25.9 Å². The molecule has 0 amide bonds. The van der Waals surface area contributed by atoms with Crippen LogP contribution in [0.4, 0.5) is 0 Å². The topological polar surface area (TPSA) is 66.0 Å². The third-order valence-corrected chi connectivity index (χ3v) is 3.65. The number of aromatic nitrogens is 2. The van der Waals surface area contributed by atoms with Crippen LogP contribution in [0.25, 0.3) is 11.1 Å². The van der Waals surface area contributed by atoms with Gasteiger partial charge in [0.1, 0.15) is 5.52 Å². The van der Waals surface area contributed by atoms with Gasteiger partial charge in [0.25, 0.3) is 0 Å². The number of aryl methyl sites for hydroxylation is 1. The number of para-hydroxylation sites is 2. The minimum atomic E-state index is 0.507. The van der Waals surface area contributed by atoms with Crippen molar-refractivity contribution in [1.82, 2.24) is 14.9 Å². The fraction of sp³-hybridized carbons (Fsp3) is 0.278. The number of hydrogen-bond donors (Lipinski definition) is 0. The van der Waals surface area contributed by atoms with Gasteiger partial charge in [-0.2, -0.15) is 5.26 Å². The second-order valence-electron chi connectivity index (χ2n) is 5.51. The lowest BCUT2D eigenvalue weighted by molar-refractivity contribution is 0.281. The van der Waals surface area contributed by atoms with E-state index >= 15 is 0 Å². The first-order valence-corrected chi connectivity index (χ1v) is 7.59. The second kappa shape index (κ2) is 7.03. The molecule has 0 bridgehead atoms. The molecular formula is C18H18N4O. The van der Waals surface area contributed by atoms with Gasteiger partial charge >= 0.3 is 0 Å². The molecule has 23 heavy (non-hydrogen) atoms. The molecule has 0 N–H and O–H groups in total. The lowest BCUT2D eigenvalue weighted by atomic mass is 10.1. The Balaban J connectivity index is 1.69. The molecular weight excluding hydrogens is 288 g/mol. The van der Waals surface area contributed by atoms with Crippen LogP contribution in [0, 0.1) is 11.3 Å². The van der Waals surface area contributed by atoms with Crippen molar-refractivity contribution in [2.75, 3.05) is 7.05 Å². The van der Waals surface area contributed by atoms with E-state index in [0.29, 0.717) is 25.4 Å². The average molecular weight is 306 g/mol. The van der Waals surface area contributed by atoms with Gasteiger partial charge in [-0.3, -0.25) is 9.88 Å². The van der Waals surface area contributed by atoms with Gasteiger partial charge in [-0.05, 0) is 37.2 Å². The highest BCUT2D eigenvalue weighted by Crippen LogP contribution is 2.17. The van der Waals surface area contributed by atoms with Crippen LogP contribution in [0.3, 0.4) is 0 Å². The Bertz CT molecular complexity index is 801. The van der Waals surface area contributed by atoms with Crippen molar-refractivity contribution < 1.29 is 4.42 Å². The van der Waals surface area contributed by atoms with E-state index in [-0.39, 0.29) is 0 Å². The third-order valence-electron chi connectivity index (χ3n) is 3.65. The first-order chi connectivity index (χ1) is 11.3. The van der Waals surface area contributed by atoms with Crippen LogP contribution in [-0.4, -0.2) is 21.9 Å². The van der Waals surface area contributed by atoms with Crippen molar-refractivity contribution in [3.8, 4) is 6.07 Å². The molecule has 0 atom stereocenters. The number of nitriles is 1. The van der Waals surface area contributed by atoms with Crippen LogP contribution < -0.4 is 0 Å². The molecule has 0 aliphatic rings. The number of benzene rings is 1. The number of nitrogens with zero attached hydrogens (tertiary/aromatic N) is 4. The molecule has 0 aliphatic heterocycles. The van der Waals surface area contributed by atoms with Gasteiger partial charge in [0.15, 0.2) is 5.58 Å². The molecule has 2 aromatic heterocycles. The Morgan fingerprint density at radius 2 is 2.04 bits per heavy atom. The Labute approximate surface area is 135 Å². The molecule has 0 unspecified atom stereocenters. The van der Waals surface area contributed by atoms with E-state index < -0.39 is 0 Å². The number of oxazole rings is 1. The van der Waals surface area contributed by atoms with Gasteiger partial charge < -0.3 is 4.42 Å². The lowest BCUT2D eigenvalue weighted by Gasteiger charge is -2.16. The summed E-state index contributed by atoms with van der Waals surface area (Å²) in [6.07, 6.45) is 3.03. The van der Waals surface area contributed by atoms with Crippen molar-refractivity contribution >= 4 is 11.1 Å². The van der Waals surface area contributed by atoms with E-state index in [1.165, 1.54) is 0 Å². The smallest absolute Gasteiger partial charge is 0.209 e. The summed E-state index contributed by atoms with van der Waals surface area (Å²) in [6.45, 7) is 1.31. The quantitative estimate of drug-likeness (QED) is 0.699. The maximum atomic E-state index is 8.76. The zero-order valence-electron chi connectivity index (χ0n) is 13.1. The molecule has 5 nitrogen and oxygen atoms in total. The van der Waals surface area contributed by atoms with E-state index in [9.17, 15) is 0 Å². The van der Waals surface area contributed by atoms with Gasteiger partial charge in [-0.1, -0.05) is 18.2 Å². The normalized spacial score (nSPS) is 11.0. The summed E-state index contributed by atoms with van der Waals surface area (Å²) < 4.78 is 5.76. The minimum Gasteiger partial charge on any atom is -0.439 e. The number of rotatable bonds is 6. The van der Waals surface area contributed by atoms with Gasteiger partial charge in [0.2, 0.25) is 5.89 Å². The minimum absolute atomic E-state index is 0.507. The predicted molar refractivity (Wildman–Crippen MR) is 87.4 cm³/mol. The van der Waals surface area contributed by atoms with E-state index in [4.69, 9.17) is 9.68 Å². The fourth-order valence-electron chi connectivity index (χ4n) is 2.56. The summed E-state index contributed by atoms with van der Waals surface area (Å²) in [5.74, 6) is 0.697. The van der Waals surface area contributed by atoms with Gasteiger partial charge in [0.05, 0.1) is 18.3 Å². The molecule has 116 valence electrons. The molecule has 0 radical (unpaired) electrons. The van der Waals surface area contributed by atoms with Crippen LogP contribution in [0.5, 0.6) is 0 Å². The summed E-state index contributed by atoms with van der Waals surface area (Å²) in [6, 6.07) is 13.9. The van der Waals surface area contributed by atoms with E-state index in [2.05, 4.69) is 20.9 Å². The molecule has 3 aromatic rings. The largest absolute Gasteiger partial charge is 0.439 e. The van der Waals surface area contributed by atoms with E-state index in [0.717, 1.165) is 28.8 Å². The van der Waals surface area contributed by atoms with E-state index in [1.807, 2.05) is 43.4 Å². The number of pyridine rings is 1. The van der Waals surface area contributed by atoms with Crippen LogP contribution >= 0.6 is 0 Å². The molecule has 0 spiro atoms. The zero-order valence-corrected chi connectivity index (χ0v) is 13.1. The Morgan fingerprint density at radius 3 is 2.87 bits per heavy atom. The van der Waals surface area contributed by atoms with Gasteiger partial charge in [0, 0.05) is 19.2 Å². The third kappa shape index (κ3) is 3.74. The zero-order chi connectivity index (χ0) is 16.1. The number of fused-ring (bicyclic) bond motifs is 1. The molecule has 0 aliphatic carbocycles. The molecule has 3 rings (SSSR count). The standard InChI is InChI=1S/C18H18N4O/c1-22(12-16-14(6-4-10-19)7-5-11-20-16)13-18-21-15-8-2-3-9-17(15)23-18/h2-3,5,7-9,11H,4,6,12-13H2,1H3. The number of hydrogen-bond acceptors (Lipinski definition) is 5. The van der Waals surface area contributed by atoms with Crippen molar-refractivity contribution in [3.63, 3.8) is 0 Å². The van der Waals surface area contributed by atoms with Crippen LogP contribution in [0.15, 0.2) is 47.0 Å². The van der Waals surface area contributed by atoms with Crippen molar-refractivity contribution in [3.05, 3.63) is 59.7 Å². The second-order valence-corrected chi connectivity index (χ2v) is 5.51. The maximum absolute atomic E-state index is 8.76. The highest BCUT2D eigenvalue weighted by atomic mass is 16.3. The van der Waals surface area contributed by atoms with Crippen LogP contribution in [0.2, 0.25) is 0 Å². The Morgan fingerprint density at radius 1 is 1.17 bits per heavy atom. The monoisotopic (exact) mass is 306 g/mol. The molecule has 1 aromatic carbocycles. The Kier molecular flexibility index (Phi) is 4.65. The molecule has 5 heteroatoms. The summed E-state index contributed by atoms with van der Waals surface area (Å²) in [5, 5.41) is 8.76. The summed E-state index contributed by atoms with van der Waals surface area (Å²) in [4.78, 5) is 11.1. The van der Waals surface area contributed by atoms with Crippen molar-refractivity contribution in [1.29, 1.82) is 5.26 Å². The fourth-order valence-corrected chi connectivity index (χ4v) is 2.56. The molecule has 0 fully saturated rings. The first kappa shape index (κ1) is 15.2. The molecule has 2 heterocycles. The molecule has 0 saturated carbocycles. The van der Waals surface area contributed by atoms with Crippen LogP contribution in [0.1, 0.15) is 23.6 Å². The maximum Gasteiger partial charge on any atom is 0.209 e. The SMILES string of the molecule is CN(Cc1nc2ccccc2o1)Cc1ncccc1CCC#N. The lowest BCUT2D eigenvalue weighted by Crippen LogP contribution is -2.19. The van der Waals surface area contributed by atoms with E-state index in [1.54, 1.807) is 6.20 Å². The highest BCUT2D eigenvalue weighted by Gasteiger charge is 2.11. The summed E-state index contributed by atoms with van der Waals surface area (Å²) >= 11 is 0. The predicted octanol–water partition coefficient (Wildman–Crippen LogP) is 3.31. The molecule has 0 saturated heterocycles. The van der Waals surface area contributed by atoms with Crippen molar-refractivity contribution in [2.24, 2.45) is 0 Å². The Hall–Kier alpha value is -2.71. The highest BCUT2D eigenvalue weighted by molar-refractivity contribution is 5.72. The average Bonchev–Trinajstić information content (AvgIpc) is 2.96. The van der Waals surface area contributed by atoms with Crippen LogP contribution in [-0.2, 0) is 19.5 Å². The van der Waals surface area contributed by atoms with Gasteiger partial charge in [-0.25, -0.2) is 4.98 Å². The van der Waals surface area contributed by atoms with Gasteiger partial charge in [-0.15, -0.1) is 0 Å². The first-order valence-electron chi connectivity index (χ1n) is 7.59.